The second kappa shape index (κ2) is 6.88. The molecule has 0 bridgehead atoms. The van der Waals surface area contributed by atoms with E-state index in [0.29, 0.717) is 6.04 Å². The van der Waals surface area contributed by atoms with Gasteiger partial charge in [0.25, 0.3) is 0 Å². The molecule has 0 amide bonds. The summed E-state index contributed by atoms with van der Waals surface area (Å²) in [5.41, 5.74) is 8.69. The van der Waals surface area contributed by atoms with Crippen LogP contribution < -0.4 is 5.73 Å². The highest BCUT2D eigenvalue weighted by atomic mass is 16.7. The van der Waals surface area contributed by atoms with Crippen molar-refractivity contribution in [3.05, 3.63) is 35.4 Å². The molecular formula is C17H28N2O2. The summed E-state index contributed by atoms with van der Waals surface area (Å²) in [5, 5.41) is 0. The average molecular weight is 292 g/mol. The molecule has 2 rings (SSSR count). The molecule has 1 aliphatic heterocycles. The number of nitrogens with zero attached hydrogens (tertiary/aromatic N) is 1. The Labute approximate surface area is 128 Å². The molecule has 0 radical (unpaired) electrons. The Balaban J connectivity index is 2.15. The van der Waals surface area contributed by atoms with Crippen molar-refractivity contribution in [2.24, 2.45) is 5.73 Å². The van der Waals surface area contributed by atoms with Crippen LogP contribution in [0.25, 0.3) is 0 Å². The van der Waals surface area contributed by atoms with Gasteiger partial charge in [-0.05, 0) is 44.5 Å². The van der Waals surface area contributed by atoms with Crippen molar-refractivity contribution in [2.45, 2.75) is 44.1 Å². The summed E-state index contributed by atoms with van der Waals surface area (Å²) in [6.45, 7) is 3.04. The summed E-state index contributed by atoms with van der Waals surface area (Å²) in [4.78, 5) is 2.44. The van der Waals surface area contributed by atoms with E-state index in [0.717, 1.165) is 5.56 Å². The van der Waals surface area contributed by atoms with Gasteiger partial charge < -0.3 is 15.2 Å². The Bertz CT molecular complexity index is 443. The number of hydrogen-bond donors (Lipinski definition) is 1. The number of benzene rings is 1. The Kier molecular flexibility index (Phi) is 5.38. The van der Waals surface area contributed by atoms with Crippen molar-refractivity contribution in [2.75, 3.05) is 27.8 Å². The van der Waals surface area contributed by atoms with Crippen molar-refractivity contribution >= 4 is 0 Å². The van der Waals surface area contributed by atoms with Crippen LogP contribution in [-0.2, 0) is 9.47 Å². The highest BCUT2D eigenvalue weighted by Gasteiger charge is 2.32. The lowest BCUT2D eigenvalue weighted by Gasteiger charge is -2.34. The highest BCUT2D eigenvalue weighted by molar-refractivity contribution is 5.28. The van der Waals surface area contributed by atoms with Crippen molar-refractivity contribution in [3.8, 4) is 0 Å². The van der Waals surface area contributed by atoms with Crippen LogP contribution >= 0.6 is 0 Å². The maximum atomic E-state index is 6.29. The summed E-state index contributed by atoms with van der Waals surface area (Å²) in [7, 11) is 5.44. The topological polar surface area (TPSA) is 47.7 Å². The zero-order valence-electron chi connectivity index (χ0n) is 13.6. The molecule has 2 atom stereocenters. The van der Waals surface area contributed by atoms with Crippen LogP contribution in [0.1, 0.15) is 49.4 Å². The molecule has 1 heterocycles. The Hall–Kier alpha value is -0.940. The Morgan fingerprint density at radius 3 is 2.33 bits per heavy atom. The smallest absolute Gasteiger partial charge is 0.184 e. The molecule has 21 heavy (non-hydrogen) atoms. The standard InChI is InChI=1S/C17H28N2O2/c1-17(20-3,21-4)16(18)14-10-8-13(9-11-14)15-7-5-6-12-19(15)2/h8-11,15-16H,5-7,12,18H2,1-4H3. The summed E-state index contributed by atoms with van der Waals surface area (Å²) < 4.78 is 10.8. The lowest BCUT2D eigenvalue weighted by molar-refractivity contribution is -0.208. The van der Waals surface area contributed by atoms with Crippen LogP contribution in [0.15, 0.2) is 24.3 Å². The van der Waals surface area contributed by atoms with Gasteiger partial charge >= 0.3 is 0 Å². The fourth-order valence-corrected chi connectivity index (χ4v) is 3.06. The van der Waals surface area contributed by atoms with Gasteiger partial charge in [0, 0.05) is 20.3 Å². The summed E-state index contributed by atoms with van der Waals surface area (Å²) in [5.74, 6) is -0.802. The first kappa shape index (κ1) is 16.4. The van der Waals surface area contributed by atoms with E-state index in [1.165, 1.54) is 31.4 Å². The van der Waals surface area contributed by atoms with Gasteiger partial charge in [0.15, 0.2) is 5.79 Å². The number of hydrogen-bond acceptors (Lipinski definition) is 4. The van der Waals surface area contributed by atoms with Crippen molar-refractivity contribution in [1.82, 2.24) is 4.90 Å². The molecule has 2 N–H and O–H groups in total. The quantitative estimate of drug-likeness (QED) is 0.848. The van der Waals surface area contributed by atoms with Crippen LogP contribution in [0.2, 0.25) is 0 Å². The summed E-state index contributed by atoms with van der Waals surface area (Å²) >= 11 is 0. The first-order valence-electron chi connectivity index (χ1n) is 7.68. The van der Waals surface area contributed by atoms with Crippen molar-refractivity contribution in [1.29, 1.82) is 0 Å². The van der Waals surface area contributed by atoms with E-state index in [1.807, 2.05) is 6.92 Å². The largest absolute Gasteiger partial charge is 0.352 e. The molecule has 4 nitrogen and oxygen atoms in total. The van der Waals surface area contributed by atoms with E-state index >= 15 is 0 Å². The van der Waals surface area contributed by atoms with Crippen LogP contribution in [0.3, 0.4) is 0 Å². The Morgan fingerprint density at radius 2 is 1.81 bits per heavy atom. The number of ether oxygens (including phenoxy) is 2. The monoisotopic (exact) mass is 292 g/mol. The molecular weight excluding hydrogens is 264 g/mol. The van der Waals surface area contributed by atoms with Gasteiger partial charge in [0.1, 0.15) is 0 Å². The third kappa shape index (κ3) is 3.46. The maximum absolute atomic E-state index is 6.29. The van der Waals surface area contributed by atoms with E-state index < -0.39 is 5.79 Å². The number of piperidine rings is 1. The third-order valence-electron chi connectivity index (χ3n) is 4.83. The van der Waals surface area contributed by atoms with Gasteiger partial charge in [0.05, 0.1) is 6.04 Å². The van der Waals surface area contributed by atoms with Crippen LogP contribution in [0, 0.1) is 0 Å². The zero-order valence-corrected chi connectivity index (χ0v) is 13.6. The van der Waals surface area contributed by atoms with Crippen molar-refractivity contribution in [3.63, 3.8) is 0 Å². The molecule has 1 aromatic rings. The highest BCUT2D eigenvalue weighted by Crippen LogP contribution is 2.32. The maximum Gasteiger partial charge on any atom is 0.184 e. The fraction of sp³-hybridized carbons (Fsp3) is 0.647. The van der Waals surface area contributed by atoms with Gasteiger partial charge in [0.2, 0.25) is 0 Å². The van der Waals surface area contributed by atoms with E-state index in [1.54, 1.807) is 14.2 Å². The molecule has 0 aromatic heterocycles. The zero-order chi connectivity index (χ0) is 15.5. The first-order chi connectivity index (χ1) is 10.0. The SMILES string of the molecule is COC(C)(OC)C(N)c1ccc(C2CCCCN2C)cc1. The molecule has 118 valence electrons. The molecule has 1 aliphatic rings. The minimum absolute atomic E-state index is 0.314. The fourth-order valence-electron chi connectivity index (χ4n) is 3.06. The Morgan fingerprint density at radius 1 is 1.19 bits per heavy atom. The van der Waals surface area contributed by atoms with Crippen LogP contribution in [0.4, 0.5) is 0 Å². The molecule has 4 heteroatoms. The minimum atomic E-state index is -0.802. The number of rotatable bonds is 5. The van der Waals surface area contributed by atoms with Crippen LogP contribution in [-0.4, -0.2) is 38.5 Å². The van der Waals surface area contributed by atoms with E-state index in [2.05, 4.69) is 36.2 Å². The van der Waals surface area contributed by atoms with E-state index in [-0.39, 0.29) is 6.04 Å². The van der Waals surface area contributed by atoms with Crippen molar-refractivity contribution < 1.29 is 9.47 Å². The normalized spacial score (nSPS) is 22.2. The average Bonchev–Trinajstić information content (AvgIpc) is 2.54. The molecule has 1 saturated heterocycles. The first-order valence-corrected chi connectivity index (χ1v) is 7.68. The molecule has 0 saturated carbocycles. The summed E-state index contributed by atoms with van der Waals surface area (Å²) in [6, 6.07) is 8.78. The van der Waals surface area contributed by atoms with Gasteiger partial charge in [-0.15, -0.1) is 0 Å². The second-order valence-electron chi connectivity index (χ2n) is 6.06. The number of nitrogens with two attached hydrogens (primary N) is 1. The molecule has 2 unspecified atom stereocenters. The second-order valence-corrected chi connectivity index (χ2v) is 6.06. The summed E-state index contributed by atoms with van der Waals surface area (Å²) in [6.07, 6.45) is 3.84. The van der Waals surface area contributed by atoms with Gasteiger partial charge in [-0.3, -0.25) is 4.90 Å². The van der Waals surface area contributed by atoms with E-state index in [9.17, 15) is 0 Å². The van der Waals surface area contributed by atoms with E-state index in [4.69, 9.17) is 15.2 Å². The van der Waals surface area contributed by atoms with Gasteiger partial charge in [-0.2, -0.15) is 0 Å². The lowest BCUT2D eigenvalue weighted by atomic mass is 9.93. The third-order valence-corrected chi connectivity index (χ3v) is 4.83. The van der Waals surface area contributed by atoms with Gasteiger partial charge in [-0.25, -0.2) is 0 Å². The van der Waals surface area contributed by atoms with Gasteiger partial charge in [-0.1, -0.05) is 30.7 Å². The number of likely N-dealkylation sites (tertiary alicyclic amines) is 1. The lowest BCUT2D eigenvalue weighted by Crippen LogP contribution is -2.42. The van der Waals surface area contributed by atoms with Crippen LogP contribution in [0.5, 0.6) is 0 Å². The predicted molar refractivity (Wildman–Crippen MR) is 85.0 cm³/mol. The predicted octanol–water partition coefficient (Wildman–Crippen LogP) is 2.85. The molecule has 0 aliphatic carbocycles. The molecule has 1 fully saturated rings. The minimum Gasteiger partial charge on any atom is -0.352 e. The molecule has 0 spiro atoms. The molecule has 1 aromatic carbocycles. The number of methoxy groups -OCH3 is 2.